The van der Waals surface area contributed by atoms with Gasteiger partial charge < -0.3 is 5.32 Å². The fraction of sp³-hybridized carbons (Fsp3) is 0.400. The molecular formula is C10H13BrN2O2. The smallest absolute Gasteiger partial charge is 0.233 e. The number of rotatable bonds is 4. The van der Waals surface area contributed by atoms with Gasteiger partial charge >= 0.3 is 0 Å². The van der Waals surface area contributed by atoms with Gasteiger partial charge in [-0.2, -0.15) is 0 Å². The Labute approximate surface area is 97.0 Å². The number of nitrogens with zero attached hydrogens (tertiary/aromatic N) is 1. The molecule has 0 unspecified atom stereocenters. The van der Waals surface area contributed by atoms with Crippen molar-refractivity contribution in [1.82, 2.24) is 0 Å². The Morgan fingerprint density at radius 1 is 1.40 bits per heavy atom. The standard InChI is InChI=1S/C10H13BrN2O2/c1-10(2,13(14)15)7-12-9-5-3-8(11)4-6-9/h3-6,12H,7H2,1-2H3. The summed E-state index contributed by atoms with van der Waals surface area (Å²) in [5.74, 6) is 0. The highest BCUT2D eigenvalue weighted by molar-refractivity contribution is 9.10. The molecule has 1 N–H and O–H groups in total. The molecule has 1 aromatic rings. The van der Waals surface area contributed by atoms with Crippen molar-refractivity contribution >= 4 is 21.6 Å². The minimum absolute atomic E-state index is 0.279. The quantitative estimate of drug-likeness (QED) is 0.677. The van der Waals surface area contributed by atoms with Crippen molar-refractivity contribution in [3.63, 3.8) is 0 Å². The zero-order chi connectivity index (χ0) is 11.5. The predicted octanol–water partition coefficient (Wildman–Crippen LogP) is 2.92. The van der Waals surface area contributed by atoms with Gasteiger partial charge in [0.2, 0.25) is 5.54 Å². The first kappa shape index (κ1) is 12.0. The molecule has 0 spiro atoms. The number of hydrogen-bond acceptors (Lipinski definition) is 3. The Morgan fingerprint density at radius 3 is 2.40 bits per heavy atom. The summed E-state index contributed by atoms with van der Waals surface area (Å²) in [4.78, 5) is 10.4. The maximum Gasteiger partial charge on any atom is 0.233 e. The molecule has 0 heterocycles. The second kappa shape index (κ2) is 4.61. The molecule has 5 heteroatoms. The first-order chi connectivity index (χ1) is 6.92. The third-order valence-corrected chi connectivity index (χ3v) is 2.59. The van der Waals surface area contributed by atoms with E-state index in [4.69, 9.17) is 0 Å². The summed E-state index contributed by atoms with van der Waals surface area (Å²) in [7, 11) is 0. The van der Waals surface area contributed by atoms with Gasteiger partial charge in [0.05, 0.1) is 6.54 Å². The van der Waals surface area contributed by atoms with Crippen molar-refractivity contribution < 1.29 is 4.92 Å². The molecule has 1 aromatic carbocycles. The maximum atomic E-state index is 10.7. The van der Waals surface area contributed by atoms with E-state index in [1.54, 1.807) is 13.8 Å². The van der Waals surface area contributed by atoms with Gasteiger partial charge in [0.25, 0.3) is 0 Å². The van der Waals surface area contributed by atoms with Crippen LogP contribution < -0.4 is 5.32 Å². The molecule has 0 aliphatic rings. The molecule has 1 rings (SSSR count). The Bertz CT molecular complexity index is 349. The largest absolute Gasteiger partial charge is 0.378 e. The maximum absolute atomic E-state index is 10.7. The van der Waals surface area contributed by atoms with Crippen LogP contribution in [0.1, 0.15) is 13.8 Å². The molecule has 0 fully saturated rings. The second-order valence-electron chi connectivity index (χ2n) is 3.93. The van der Waals surface area contributed by atoms with Crippen LogP contribution in [0.2, 0.25) is 0 Å². The van der Waals surface area contributed by atoms with Crippen LogP contribution in [0.25, 0.3) is 0 Å². The van der Waals surface area contributed by atoms with Gasteiger partial charge in [-0.25, -0.2) is 0 Å². The molecule has 0 amide bonds. The van der Waals surface area contributed by atoms with Crippen LogP contribution in [0.3, 0.4) is 0 Å². The average Bonchev–Trinajstić information content (AvgIpc) is 2.17. The molecule has 0 aliphatic carbocycles. The van der Waals surface area contributed by atoms with Gasteiger partial charge in [0, 0.05) is 28.9 Å². The number of nitro groups is 1. The number of hydrogen-bond donors (Lipinski definition) is 1. The van der Waals surface area contributed by atoms with E-state index in [-0.39, 0.29) is 4.92 Å². The first-order valence-electron chi connectivity index (χ1n) is 4.56. The minimum Gasteiger partial charge on any atom is -0.378 e. The number of nitrogens with one attached hydrogen (secondary N) is 1. The molecule has 0 aliphatic heterocycles. The van der Waals surface area contributed by atoms with E-state index in [0.717, 1.165) is 10.2 Å². The zero-order valence-electron chi connectivity index (χ0n) is 8.66. The highest BCUT2D eigenvalue weighted by atomic mass is 79.9. The topological polar surface area (TPSA) is 55.2 Å². The molecular weight excluding hydrogens is 260 g/mol. The van der Waals surface area contributed by atoms with Gasteiger partial charge in [-0.15, -0.1) is 0 Å². The normalized spacial score (nSPS) is 11.1. The molecule has 0 atom stereocenters. The van der Waals surface area contributed by atoms with Crippen LogP contribution in [0.15, 0.2) is 28.7 Å². The number of anilines is 1. The highest BCUT2D eigenvalue weighted by Gasteiger charge is 2.29. The second-order valence-corrected chi connectivity index (χ2v) is 4.85. The Balaban J connectivity index is 2.57. The van der Waals surface area contributed by atoms with Crippen molar-refractivity contribution in [3.8, 4) is 0 Å². The molecule has 15 heavy (non-hydrogen) atoms. The van der Waals surface area contributed by atoms with Crippen LogP contribution in [0.5, 0.6) is 0 Å². The van der Waals surface area contributed by atoms with Crippen molar-refractivity contribution in [3.05, 3.63) is 38.9 Å². The lowest BCUT2D eigenvalue weighted by Gasteiger charge is -2.16. The van der Waals surface area contributed by atoms with Crippen LogP contribution in [0, 0.1) is 10.1 Å². The SMILES string of the molecule is CC(C)(CNc1ccc(Br)cc1)[N+](=O)[O-]. The van der Waals surface area contributed by atoms with E-state index in [2.05, 4.69) is 21.2 Å². The number of halogens is 1. The van der Waals surface area contributed by atoms with Crippen molar-refractivity contribution in [1.29, 1.82) is 0 Å². The summed E-state index contributed by atoms with van der Waals surface area (Å²) < 4.78 is 0.988. The zero-order valence-corrected chi connectivity index (χ0v) is 10.2. The predicted molar refractivity (Wildman–Crippen MR) is 63.7 cm³/mol. The fourth-order valence-corrected chi connectivity index (χ4v) is 1.21. The summed E-state index contributed by atoms with van der Waals surface area (Å²) in [6.45, 7) is 3.50. The third kappa shape index (κ3) is 3.51. The van der Waals surface area contributed by atoms with E-state index < -0.39 is 5.54 Å². The molecule has 0 aromatic heterocycles. The van der Waals surface area contributed by atoms with Crippen LogP contribution in [0.4, 0.5) is 5.69 Å². The van der Waals surface area contributed by atoms with Gasteiger partial charge in [-0.1, -0.05) is 15.9 Å². The van der Waals surface area contributed by atoms with Gasteiger partial charge in [0.15, 0.2) is 0 Å². The summed E-state index contributed by atoms with van der Waals surface area (Å²) in [5, 5.41) is 13.7. The average molecular weight is 273 g/mol. The van der Waals surface area contributed by atoms with Crippen LogP contribution in [-0.4, -0.2) is 17.0 Å². The number of benzene rings is 1. The van der Waals surface area contributed by atoms with E-state index >= 15 is 0 Å². The Morgan fingerprint density at radius 2 is 1.93 bits per heavy atom. The van der Waals surface area contributed by atoms with Crippen LogP contribution >= 0.6 is 15.9 Å². The molecule has 4 nitrogen and oxygen atoms in total. The summed E-state index contributed by atoms with van der Waals surface area (Å²) in [5.41, 5.74) is -0.0688. The Kier molecular flexibility index (Phi) is 3.68. The van der Waals surface area contributed by atoms with Gasteiger partial charge in [-0.3, -0.25) is 10.1 Å². The summed E-state index contributed by atoms with van der Waals surface area (Å²) >= 11 is 3.32. The van der Waals surface area contributed by atoms with E-state index in [1.165, 1.54) is 0 Å². The van der Waals surface area contributed by atoms with Crippen molar-refractivity contribution in [2.75, 3.05) is 11.9 Å². The van der Waals surface area contributed by atoms with E-state index in [1.807, 2.05) is 24.3 Å². The fourth-order valence-electron chi connectivity index (χ4n) is 0.951. The van der Waals surface area contributed by atoms with Crippen LogP contribution in [-0.2, 0) is 0 Å². The van der Waals surface area contributed by atoms with Gasteiger partial charge in [-0.05, 0) is 24.3 Å². The van der Waals surface area contributed by atoms with E-state index in [9.17, 15) is 10.1 Å². The lowest BCUT2D eigenvalue weighted by molar-refractivity contribution is -0.556. The van der Waals surface area contributed by atoms with Crippen molar-refractivity contribution in [2.45, 2.75) is 19.4 Å². The van der Waals surface area contributed by atoms with Crippen molar-refractivity contribution in [2.24, 2.45) is 0 Å². The monoisotopic (exact) mass is 272 g/mol. The summed E-state index contributed by atoms with van der Waals surface area (Å²) in [6.07, 6.45) is 0. The highest BCUT2D eigenvalue weighted by Crippen LogP contribution is 2.15. The minimum atomic E-state index is -0.951. The third-order valence-electron chi connectivity index (χ3n) is 2.06. The Hall–Kier alpha value is -1.10. The molecule has 0 radical (unpaired) electrons. The molecule has 0 saturated carbocycles. The molecule has 82 valence electrons. The van der Waals surface area contributed by atoms with Gasteiger partial charge in [0.1, 0.15) is 0 Å². The lowest BCUT2D eigenvalue weighted by Crippen LogP contribution is -2.38. The molecule has 0 bridgehead atoms. The lowest BCUT2D eigenvalue weighted by atomic mass is 10.1. The first-order valence-corrected chi connectivity index (χ1v) is 5.35. The summed E-state index contributed by atoms with van der Waals surface area (Å²) in [6, 6.07) is 7.53. The van der Waals surface area contributed by atoms with E-state index in [0.29, 0.717) is 6.54 Å². The molecule has 0 saturated heterocycles.